The lowest BCUT2D eigenvalue weighted by Crippen LogP contribution is -2.41. The number of fused-ring (bicyclic) bond motifs is 1. The topological polar surface area (TPSA) is 147 Å². The Bertz CT molecular complexity index is 1850. The first-order chi connectivity index (χ1) is 23.8. The second-order valence-corrected chi connectivity index (χ2v) is 13.4. The molecule has 0 radical (unpaired) electrons. The molecule has 1 saturated heterocycles. The average molecular weight is 684 g/mol. The van der Waals surface area contributed by atoms with E-state index in [9.17, 15) is 14.4 Å². The third-order valence-electron chi connectivity index (χ3n) is 8.60. The molecular formula is C37H45N7O6. The van der Waals surface area contributed by atoms with Crippen LogP contribution < -0.4 is 20.7 Å². The Balaban J connectivity index is 1.37. The van der Waals surface area contributed by atoms with E-state index in [0.717, 1.165) is 21.9 Å². The fourth-order valence-electron chi connectivity index (χ4n) is 5.37. The van der Waals surface area contributed by atoms with Gasteiger partial charge in [0, 0.05) is 30.1 Å². The summed E-state index contributed by atoms with van der Waals surface area (Å²) in [6, 6.07) is 14.5. The highest BCUT2D eigenvalue weighted by Gasteiger charge is 2.24. The number of anilines is 3. The lowest BCUT2D eigenvalue weighted by Gasteiger charge is -2.26. The molecule has 50 heavy (non-hydrogen) atoms. The summed E-state index contributed by atoms with van der Waals surface area (Å²) in [6.07, 6.45) is 2.45. The van der Waals surface area contributed by atoms with Crippen molar-refractivity contribution in [3.05, 3.63) is 72.2 Å². The first-order valence-corrected chi connectivity index (χ1v) is 16.5. The second kappa shape index (κ2) is 15.5. The van der Waals surface area contributed by atoms with Crippen molar-refractivity contribution in [3.63, 3.8) is 0 Å². The zero-order valence-electron chi connectivity index (χ0n) is 29.6. The highest BCUT2D eigenvalue weighted by atomic mass is 16.5. The number of amides is 4. The molecule has 0 saturated carbocycles. The summed E-state index contributed by atoms with van der Waals surface area (Å²) in [5, 5.41) is 10.3. The number of ether oxygens (including phenoxy) is 3. The van der Waals surface area contributed by atoms with E-state index < -0.39 is 12.1 Å². The van der Waals surface area contributed by atoms with Crippen molar-refractivity contribution in [1.82, 2.24) is 19.8 Å². The van der Waals surface area contributed by atoms with Crippen LogP contribution in [0.15, 0.2) is 60.9 Å². The highest BCUT2D eigenvalue weighted by molar-refractivity contribution is 6.10. The number of rotatable bonds is 9. The third-order valence-corrected chi connectivity index (χ3v) is 8.60. The molecule has 0 unspecified atom stereocenters. The van der Waals surface area contributed by atoms with Crippen molar-refractivity contribution in [2.75, 3.05) is 70.1 Å². The van der Waals surface area contributed by atoms with Crippen molar-refractivity contribution >= 4 is 45.9 Å². The van der Waals surface area contributed by atoms with Crippen molar-refractivity contribution < 1.29 is 28.6 Å². The predicted octanol–water partition coefficient (Wildman–Crippen LogP) is 6.22. The van der Waals surface area contributed by atoms with Crippen molar-refractivity contribution in [3.8, 4) is 17.0 Å². The van der Waals surface area contributed by atoms with E-state index in [0.29, 0.717) is 49.1 Å². The third kappa shape index (κ3) is 8.47. The maximum absolute atomic E-state index is 13.6. The number of carbonyl (C=O) groups excluding carboxylic acids is 3. The number of morpholine rings is 1. The van der Waals surface area contributed by atoms with E-state index >= 15 is 0 Å². The molecule has 13 heteroatoms. The monoisotopic (exact) mass is 683 g/mol. The number of nitrogens with one attached hydrogen (secondary N) is 3. The van der Waals surface area contributed by atoms with Crippen molar-refractivity contribution in [1.29, 1.82) is 0 Å². The van der Waals surface area contributed by atoms with Gasteiger partial charge in [0.1, 0.15) is 12.3 Å². The number of hydrogen-bond acceptors (Lipinski definition) is 9. The molecule has 4 aromatic rings. The molecule has 1 aliphatic rings. The number of carbonyl (C=O) groups is 3. The summed E-state index contributed by atoms with van der Waals surface area (Å²) < 4.78 is 16.5. The molecular weight excluding hydrogens is 638 g/mol. The van der Waals surface area contributed by atoms with E-state index in [2.05, 4.69) is 25.9 Å². The van der Waals surface area contributed by atoms with E-state index in [-0.39, 0.29) is 35.4 Å². The highest BCUT2D eigenvalue weighted by Crippen LogP contribution is 2.39. The minimum absolute atomic E-state index is 0.0272. The SMILES string of the molecule is COc1c(NC(=O)Nc2ccc(-c3cnc(C(=O)N4CCOCC4)cn3)c3ccccc23)cc(C(C)(C)C)cc1NC(=O)OC[C@@H](C)N(C)C. The van der Waals surface area contributed by atoms with Crippen LogP contribution in [-0.4, -0.2) is 98.0 Å². The van der Waals surface area contributed by atoms with Gasteiger partial charge < -0.3 is 34.6 Å². The number of benzene rings is 3. The average Bonchev–Trinajstić information content (AvgIpc) is 3.10. The number of likely N-dealkylation sites (N-methyl/N-ethyl adjacent to an activating group) is 1. The van der Waals surface area contributed by atoms with Crippen LogP contribution >= 0.6 is 0 Å². The van der Waals surface area contributed by atoms with E-state index in [1.54, 1.807) is 17.2 Å². The first-order valence-electron chi connectivity index (χ1n) is 16.5. The summed E-state index contributed by atoms with van der Waals surface area (Å²) in [4.78, 5) is 51.9. The van der Waals surface area contributed by atoms with Gasteiger partial charge >= 0.3 is 12.1 Å². The van der Waals surface area contributed by atoms with Crippen LogP contribution in [0.3, 0.4) is 0 Å². The number of nitrogens with zero attached hydrogens (tertiary/aromatic N) is 4. The van der Waals surface area contributed by atoms with Gasteiger partial charge in [0.2, 0.25) is 0 Å². The normalized spacial score (nSPS) is 13.9. The summed E-state index contributed by atoms with van der Waals surface area (Å²) in [5.41, 5.74) is 3.51. The van der Waals surface area contributed by atoms with Crippen LogP contribution in [-0.2, 0) is 14.9 Å². The van der Waals surface area contributed by atoms with Crippen LogP contribution in [0.25, 0.3) is 22.0 Å². The number of aromatic nitrogens is 2. The number of hydrogen-bond donors (Lipinski definition) is 3. The summed E-state index contributed by atoms with van der Waals surface area (Å²) in [5.74, 6) is 0.102. The van der Waals surface area contributed by atoms with Gasteiger partial charge in [0.05, 0.1) is 55.5 Å². The van der Waals surface area contributed by atoms with Crippen LogP contribution in [0.2, 0.25) is 0 Å². The molecule has 3 aromatic carbocycles. The molecule has 1 aromatic heterocycles. The van der Waals surface area contributed by atoms with Crippen LogP contribution in [0, 0.1) is 0 Å². The maximum Gasteiger partial charge on any atom is 0.411 e. The van der Waals surface area contributed by atoms with Gasteiger partial charge in [-0.05, 0) is 55.6 Å². The summed E-state index contributed by atoms with van der Waals surface area (Å²) >= 11 is 0. The molecule has 3 N–H and O–H groups in total. The lowest BCUT2D eigenvalue weighted by molar-refractivity contribution is 0.0298. The molecule has 2 heterocycles. The standard InChI is InChI=1S/C37H45N7O6/c1-23(43(5)6)22-50-36(47)42-30-19-24(37(2,3)4)18-29(33(30)48-7)41-35(46)40-28-13-12-27(25-10-8-9-11-26(25)28)31-20-39-32(21-38-31)34(45)44-14-16-49-17-15-44/h8-13,18-21,23H,14-17,22H2,1-7H3,(H,42,47)(H2,40,41,46)/t23-/m1/s1. The van der Waals surface area contributed by atoms with Gasteiger partial charge in [-0.3, -0.25) is 15.1 Å². The molecule has 1 aliphatic heterocycles. The Morgan fingerprint density at radius 1 is 0.920 bits per heavy atom. The van der Waals surface area contributed by atoms with Gasteiger partial charge in [-0.25, -0.2) is 14.6 Å². The molecule has 1 fully saturated rings. The van der Waals surface area contributed by atoms with Crippen LogP contribution in [0.4, 0.5) is 26.7 Å². The lowest BCUT2D eigenvalue weighted by atomic mass is 9.86. The van der Waals surface area contributed by atoms with Gasteiger partial charge in [-0.15, -0.1) is 0 Å². The number of methoxy groups -OCH3 is 1. The zero-order chi connectivity index (χ0) is 36.0. The Morgan fingerprint density at radius 3 is 2.20 bits per heavy atom. The minimum atomic E-state index is -0.631. The van der Waals surface area contributed by atoms with Crippen LogP contribution in [0.1, 0.15) is 43.7 Å². The quantitative estimate of drug-likeness (QED) is 0.187. The zero-order valence-corrected chi connectivity index (χ0v) is 29.6. The molecule has 0 aliphatic carbocycles. The van der Waals surface area contributed by atoms with E-state index in [1.165, 1.54) is 13.3 Å². The van der Waals surface area contributed by atoms with Crippen molar-refractivity contribution in [2.45, 2.75) is 39.2 Å². The van der Waals surface area contributed by atoms with Gasteiger partial charge in [-0.2, -0.15) is 0 Å². The minimum Gasteiger partial charge on any atom is -0.492 e. The predicted molar refractivity (Wildman–Crippen MR) is 194 cm³/mol. The first kappa shape index (κ1) is 36.0. The Hall–Kier alpha value is -5.27. The number of urea groups is 1. The molecule has 5 rings (SSSR count). The maximum atomic E-state index is 13.6. The molecule has 0 spiro atoms. The van der Waals surface area contributed by atoms with E-state index in [4.69, 9.17) is 14.2 Å². The van der Waals surface area contributed by atoms with Gasteiger partial charge in [-0.1, -0.05) is 51.1 Å². The molecule has 13 nitrogen and oxygen atoms in total. The molecule has 1 atom stereocenters. The van der Waals surface area contributed by atoms with Gasteiger partial charge in [0.15, 0.2) is 5.75 Å². The Labute approximate surface area is 292 Å². The largest absolute Gasteiger partial charge is 0.492 e. The molecule has 4 amide bonds. The summed E-state index contributed by atoms with van der Waals surface area (Å²) in [7, 11) is 5.29. The molecule has 0 bridgehead atoms. The van der Waals surface area contributed by atoms with Crippen molar-refractivity contribution in [2.24, 2.45) is 0 Å². The van der Waals surface area contributed by atoms with Crippen LogP contribution in [0.5, 0.6) is 5.75 Å². The Kier molecular flexibility index (Phi) is 11.2. The molecule has 264 valence electrons. The fourth-order valence-corrected chi connectivity index (χ4v) is 5.37. The Morgan fingerprint density at radius 2 is 1.58 bits per heavy atom. The summed E-state index contributed by atoms with van der Waals surface area (Å²) in [6.45, 7) is 10.3. The van der Waals surface area contributed by atoms with Gasteiger partial charge in [0.25, 0.3) is 5.91 Å². The van der Waals surface area contributed by atoms with E-state index in [1.807, 2.05) is 89.2 Å². The smallest absolute Gasteiger partial charge is 0.411 e. The fraction of sp³-hybridized carbons (Fsp3) is 0.378. The second-order valence-electron chi connectivity index (χ2n) is 13.4.